The van der Waals surface area contributed by atoms with Crippen LogP contribution in [-0.2, 0) is 22.6 Å². The summed E-state index contributed by atoms with van der Waals surface area (Å²) in [4.78, 5) is 30.2. The molecule has 6 heteroatoms. The van der Waals surface area contributed by atoms with Gasteiger partial charge >= 0.3 is 0 Å². The lowest BCUT2D eigenvalue weighted by Crippen LogP contribution is -2.48. The zero-order valence-corrected chi connectivity index (χ0v) is 12.9. The highest BCUT2D eigenvalue weighted by atomic mass is 16.4. The second-order valence-electron chi connectivity index (χ2n) is 5.51. The molecule has 0 radical (unpaired) electrons. The second-order valence-corrected chi connectivity index (χ2v) is 5.51. The van der Waals surface area contributed by atoms with Crippen molar-refractivity contribution in [2.75, 3.05) is 6.54 Å². The van der Waals surface area contributed by atoms with Crippen LogP contribution in [0, 0.1) is 5.92 Å². The molecule has 0 aliphatic carbocycles. The van der Waals surface area contributed by atoms with Crippen LogP contribution in [0.2, 0.25) is 0 Å². The van der Waals surface area contributed by atoms with Crippen molar-refractivity contribution in [1.82, 2.24) is 15.2 Å². The molecular formula is C15H23N3O3. The van der Waals surface area contributed by atoms with E-state index in [0.717, 1.165) is 18.6 Å². The van der Waals surface area contributed by atoms with Gasteiger partial charge in [0.2, 0.25) is 17.7 Å². The van der Waals surface area contributed by atoms with E-state index in [1.165, 1.54) is 0 Å². The van der Waals surface area contributed by atoms with Gasteiger partial charge < -0.3 is 14.6 Å². The standard InChI is InChI=1S/C15H23N3O3/c1-4-10(3)14-15(20)18(7-6-12(19)17-14)9-13-16-8-11(5-2)21-13/h8,10,14H,4-7,9H2,1-3H3,(H,17,19). The number of nitrogens with one attached hydrogen (secondary N) is 1. The maximum Gasteiger partial charge on any atom is 0.245 e. The fourth-order valence-electron chi connectivity index (χ4n) is 2.38. The second kappa shape index (κ2) is 6.74. The number of nitrogens with zero attached hydrogens (tertiary/aromatic N) is 2. The highest BCUT2D eigenvalue weighted by Gasteiger charge is 2.33. The topological polar surface area (TPSA) is 75.4 Å². The van der Waals surface area contributed by atoms with Gasteiger partial charge in [0.15, 0.2) is 0 Å². The van der Waals surface area contributed by atoms with E-state index in [0.29, 0.717) is 25.4 Å². The molecule has 2 atom stereocenters. The maximum absolute atomic E-state index is 12.6. The van der Waals surface area contributed by atoms with E-state index >= 15 is 0 Å². The third-order valence-electron chi connectivity index (χ3n) is 3.99. The summed E-state index contributed by atoms with van der Waals surface area (Å²) in [5, 5.41) is 2.83. The molecule has 1 fully saturated rings. The molecule has 0 saturated carbocycles. The molecular weight excluding hydrogens is 270 g/mol. The first kappa shape index (κ1) is 15.5. The molecule has 6 nitrogen and oxygen atoms in total. The van der Waals surface area contributed by atoms with Crippen LogP contribution in [-0.4, -0.2) is 34.3 Å². The first-order valence-electron chi connectivity index (χ1n) is 7.56. The normalized spacial score (nSPS) is 21.1. The van der Waals surface area contributed by atoms with Crippen molar-refractivity contribution in [3.05, 3.63) is 17.8 Å². The number of hydrogen-bond donors (Lipinski definition) is 1. The average Bonchev–Trinajstić information content (AvgIpc) is 2.89. The maximum atomic E-state index is 12.6. The Bertz CT molecular complexity index is 512. The Morgan fingerprint density at radius 3 is 2.86 bits per heavy atom. The third kappa shape index (κ3) is 3.62. The summed E-state index contributed by atoms with van der Waals surface area (Å²) in [6, 6.07) is -0.453. The minimum Gasteiger partial charge on any atom is -0.444 e. The molecule has 1 N–H and O–H groups in total. The smallest absolute Gasteiger partial charge is 0.245 e. The van der Waals surface area contributed by atoms with Gasteiger partial charge in [-0.1, -0.05) is 27.2 Å². The van der Waals surface area contributed by atoms with Crippen LogP contribution in [0.1, 0.15) is 45.3 Å². The Hall–Kier alpha value is -1.85. The number of oxazole rings is 1. The number of aromatic nitrogens is 1. The lowest BCUT2D eigenvalue weighted by molar-refractivity contribution is -0.135. The molecule has 1 aromatic heterocycles. The van der Waals surface area contributed by atoms with Gasteiger partial charge in [0.1, 0.15) is 11.8 Å². The Morgan fingerprint density at radius 1 is 1.48 bits per heavy atom. The number of carbonyl (C=O) groups excluding carboxylic acids is 2. The molecule has 0 spiro atoms. The summed E-state index contributed by atoms with van der Waals surface area (Å²) >= 11 is 0. The Labute approximate surface area is 124 Å². The van der Waals surface area contributed by atoms with Crippen LogP contribution in [0.15, 0.2) is 10.6 Å². The van der Waals surface area contributed by atoms with Gasteiger partial charge in [0, 0.05) is 19.4 Å². The average molecular weight is 293 g/mol. The van der Waals surface area contributed by atoms with Gasteiger partial charge in [-0.05, 0) is 5.92 Å². The van der Waals surface area contributed by atoms with Crippen LogP contribution < -0.4 is 5.32 Å². The van der Waals surface area contributed by atoms with Crippen LogP contribution in [0.25, 0.3) is 0 Å². The summed E-state index contributed by atoms with van der Waals surface area (Å²) in [6.07, 6.45) is 3.62. The first-order chi connectivity index (χ1) is 10.0. The number of hydrogen-bond acceptors (Lipinski definition) is 4. The van der Waals surface area contributed by atoms with Crippen molar-refractivity contribution in [3.63, 3.8) is 0 Å². The van der Waals surface area contributed by atoms with Crippen molar-refractivity contribution in [2.45, 2.75) is 52.6 Å². The molecule has 116 valence electrons. The lowest BCUT2D eigenvalue weighted by atomic mass is 9.98. The molecule has 1 aliphatic rings. The van der Waals surface area contributed by atoms with E-state index in [2.05, 4.69) is 10.3 Å². The Morgan fingerprint density at radius 2 is 2.24 bits per heavy atom. The highest BCUT2D eigenvalue weighted by Crippen LogP contribution is 2.16. The fourth-order valence-corrected chi connectivity index (χ4v) is 2.38. The van der Waals surface area contributed by atoms with E-state index in [-0.39, 0.29) is 17.7 Å². The van der Waals surface area contributed by atoms with Crippen LogP contribution in [0.4, 0.5) is 0 Å². The summed E-state index contributed by atoms with van der Waals surface area (Å²) in [7, 11) is 0. The fraction of sp³-hybridized carbons (Fsp3) is 0.667. The molecule has 0 bridgehead atoms. The summed E-state index contributed by atoms with van der Waals surface area (Å²) in [5.74, 6) is 1.32. The van der Waals surface area contributed by atoms with E-state index in [9.17, 15) is 9.59 Å². The molecule has 2 amide bonds. The van der Waals surface area contributed by atoms with E-state index < -0.39 is 6.04 Å². The number of aryl methyl sites for hydroxylation is 1. The Kier molecular flexibility index (Phi) is 4.98. The van der Waals surface area contributed by atoms with Gasteiger partial charge in [0.25, 0.3) is 0 Å². The van der Waals surface area contributed by atoms with Crippen molar-refractivity contribution in [3.8, 4) is 0 Å². The van der Waals surface area contributed by atoms with Crippen molar-refractivity contribution in [1.29, 1.82) is 0 Å². The molecule has 2 rings (SSSR count). The predicted octanol–water partition coefficient (Wildman–Crippen LogP) is 1.50. The van der Waals surface area contributed by atoms with Crippen LogP contribution >= 0.6 is 0 Å². The summed E-state index contributed by atoms with van der Waals surface area (Å²) in [5.41, 5.74) is 0. The largest absolute Gasteiger partial charge is 0.444 e. The first-order valence-corrected chi connectivity index (χ1v) is 7.56. The van der Waals surface area contributed by atoms with Gasteiger partial charge in [-0.15, -0.1) is 0 Å². The number of rotatable bonds is 5. The minimum absolute atomic E-state index is 0.0496. The third-order valence-corrected chi connectivity index (χ3v) is 3.99. The zero-order chi connectivity index (χ0) is 15.4. The minimum atomic E-state index is -0.453. The Balaban J connectivity index is 2.13. The number of carbonyl (C=O) groups is 2. The molecule has 2 heterocycles. The number of amides is 2. The van der Waals surface area contributed by atoms with Crippen molar-refractivity contribution in [2.24, 2.45) is 5.92 Å². The van der Waals surface area contributed by atoms with Crippen molar-refractivity contribution >= 4 is 11.8 Å². The van der Waals surface area contributed by atoms with Gasteiger partial charge in [-0.2, -0.15) is 0 Å². The van der Waals surface area contributed by atoms with Gasteiger partial charge in [-0.25, -0.2) is 4.98 Å². The molecule has 0 aromatic carbocycles. The van der Waals surface area contributed by atoms with E-state index in [1.807, 2.05) is 20.8 Å². The van der Waals surface area contributed by atoms with Gasteiger partial charge in [0.05, 0.1) is 12.7 Å². The summed E-state index contributed by atoms with van der Waals surface area (Å²) in [6.45, 7) is 6.71. The highest BCUT2D eigenvalue weighted by molar-refractivity contribution is 5.90. The predicted molar refractivity (Wildman–Crippen MR) is 77.3 cm³/mol. The van der Waals surface area contributed by atoms with E-state index in [1.54, 1.807) is 11.1 Å². The monoisotopic (exact) mass is 293 g/mol. The van der Waals surface area contributed by atoms with E-state index in [4.69, 9.17) is 4.42 Å². The molecule has 1 aromatic rings. The van der Waals surface area contributed by atoms with Gasteiger partial charge in [-0.3, -0.25) is 9.59 Å². The quantitative estimate of drug-likeness (QED) is 0.892. The van der Waals surface area contributed by atoms with Crippen LogP contribution in [0.3, 0.4) is 0 Å². The summed E-state index contributed by atoms with van der Waals surface area (Å²) < 4.78 is 5.56. The molecule has 1 saturated heterocycles. The molecule has 1 aliphatic heterocycles. The zero-order valence-electron chi connectivity index (χ0n) is 12.9. The van der Waals surface area contributed by atoms with Crippen molar-refractivity contribution < 1.29 is 14.0 Å². The lowest BCUT2D eigenvalue weighted by Gasteiger charge is -2.26. The molecule has 2 unspecified atom stereocenters. The van der Waals surface area contributed by atoms with Crippen LogP contribution in [0.5, 0.6) is 0 Å². The SMILES string of the molecule is CCc1cnc(CN2CCC(=O)NC(C(C)CC)C2=O)o1. The molecule has 21 heavy (non-hydrogen) atoms.